The summed E-state index contributed by atoms with van der Waals surface area (Å²) in [6.45, 7) is 3.34. The standard InChI is InChI=1S/C25H23F3N4O5S/c1-15-3-6-17(7-4-15)36-11-9-35-10-12-37-19-8-5-16(14-20(19)34-2)13-18-21(29)32-24(30-22(18)33)38-23(31-32)25(26,27)28/h3-8,13-14,29H,9-12H2,1-2H3/b18-13-,29-21?. The maximum Gasteiger partial charge on any atom is 0.441 e. The van der Waals surface area contributed by atoms with Gasteiger partial charge in [0, 0.05) is 0 Å². The highest BCUT2D eigenvalue weighted by molar-refractivity contribution is 8.27. The van der Waals surface area contributed by atoms with Gasteiger partial charge in [-0.05, 0) is 54.6 Å². The number of thioether (sulfide) groups is 1. The molecule has 0 spiro atoms. The van der Waals surface area contributed by atoms with E-state index in [1.807, 2.05) is 31.2 Å². The van der Waals surface area contributed by atoms with Crippen molar-refractivity contribution in [3.8, 4) is 17.2 Å². The van der Waals surface area contributed by atoms with Gasteiger partial charge in [0.1, 0.15) is 19.0 Å². The Morgan fingerprint density at radius 1 is 1.03 bits per heavy atom. The van der Waals surface area contributed by atoms with Gasteiger partial charge >= 0.3 is 6.18 Å². The van der Waals surface area contributed by atoms with Gasteiger partial charge in [0.2, 0.25) is 10.2 Å². The van der Waals surface area contributed by atoms with Gasteiger partial charge in [0.15, 0.2) is 17.3 Å². The van der Waals surface area contributed by atoms with E-state index in [0.717, 1.165) is 11.3 Å². The summed E-state index contributed by atoms with van der Waals surface area (Å²) in [5.41, 5.74) is 1.40. The summed E-state index contributed by atoms with van der Waals surface area (Å²) in [7, 11) is 1.44. The summed E-state index contributed by atoms with van der Waals surface area (Å²) in [4.78, 5) is 16.1. The zero-order valence-electron chi connectivity index (χ0n) is 20.4. The number of nitrogens with zero attached hydrogens (tertiary/aromatic N) is 3. The molecule has 9 nitrogen and oxygen atoms in total. The summed E-state index contributed by atoms with van der Waals surface area (Å²) in [5, 5.41) is 10.8. The fourth-order valence-corrected chi connectivity index (χ4v) is 4.09. The molecule has 1 N–H and O–H groups in total. The molecule has 0 radical (unpaired) electrons. The van der Waals surface area contributed by atoms with Gasteiger partial charge in [-0.3, -0.25) is 10.2 Å². The van der Waals surface area contributed by atoms with Gasteiger partial charge in [0.05, 0.1) is 25.9 Å². The molecule has 13 heteroatoms. The number of amidine groups is 2. The van der Waals surface area contributed by atoms with Gasteiger partial charge in [-0.15, -0.1) is 0 Å². The number of hydrogen-bond donors (Lipinski definition) is 1. The van der Waals surface area contributed by atoms with Gasteiger partial charge < -0.3 is 18.9 Å². The Hall–Kier alpha value is -3.84. The van der Waals surface area contributed by atoms with E-state index in [9.17, 15) is 18.0 Å². The number of aryl methyl sites for hydroxylation is 1. The monoisotopic (exact) mass is 548 g/mol. The normalized spacial score (nSPS) is 16.3. The number of hydrazone groups is 1. The Morgan fingerprint density at radius 3 is 2.42 bits per heavy atom. The van der Waals surface area contributed by atoms with Crippen LogP contribution in [0.3, 0.4) is 0 Å². The van der Waals surface area contributed by atoms with Crippen molar-refractivity contribution in [1.82, 2.24) is 5.01 Å². The van der Waals surface area contributed by atoms with Crippen LogP contribution in [0.5, 0.6) is 17.2 Å². The molecule has 2 aromatic rings. The zero-order chi connectivity index (χ0) is 27.3. The average Bonchev–Trinajstić information content (AvgIpc) is 3.32. The number of aliphatic imine (C=N–C) groups is 1. The van der Waals surface area contributed by atoms with Crippen LogP contribution in [0.4, 0.5) is 13.2 Å². The molecule has 0 unspecified atom stereocenters. The molecule has 4 rings (SSSR count). The minimum atomic E-state index is -4.71. The summed E-state index contributed by atoms with van der Waals surface area (Å²) >= 11 is 0.197. The van der Waals surface area contributed by atoms with Crippen LogP contribution in [0.25, 0.3) is 6.08 Å². The van der Waals surface area contributed by atoms with E-state index in [2.05, 4.69) is 10.1 Å². The van der Waals surface area contributed by atoms with E-state index in [1.54, 1.807) is 18.2 Å². The Kier molecular flexibility index (Phi) is 8.37. The highest BCUT2D eigenvalue weighted by atomic mass is 32.2. The second-order valence-corrected chi connectivity index (χ2v) is 8.91. The number of fused-ring (bicyclic) bond motifs is 1. The smallest absolute Gasteiger partial charge is 0.441 e. The number of amides is 1. The van der Waals surface area contributed by atoms with Crippen molar-refractivity contribution in [3.63, 3.8) is 0 Å². The molecule has 0 atom stereocenters. The van der Waals surface area contributed by atoms with E-state index >= 15 is 0 Å². The summed E-state index contributed by atoms with van der Waals surface area (Å²) in [6, 6.07) is 12.5. The quantitative estimate of drug-likeness (QED) is 0.340. The highest BCUT2D eigenvalue weighted by Crippen LogP contribution is 2.36. The lowest BCUT2D eigenvalue weighted by Crippen LogP contribution is -2.35. The molecule has 0 fully saturated rings. The number of hydrogen-bond acceptors (Lipinski definition) is 8. The topological polar surface area (TPSA) is 106 Å². The van der Waals surface area contributed by atoms with Gasteiger partial charge in [0.25, 0.3) is 5.91 Å². The molecule has 2 aliphatic rings. The predicted molar refractivity (Wildman–Crippen MR) is 137 cm³/mol. The molecule has 0 aliphatic carbocycles. The van der Waals surface area contributed by atoms with E-state index in [1.165, 1.54) is 13.2 Å². The van der Waals surface area contributed by atoms with E-state index in [-0.39, 0.29) is 29.1 Å². The van der Waals surface area contributed by atoms with Gasteiger partial charge in [-0.1, -0.05) is 23.8 Å². The number of halogens is 3. The van der Waals surface area contributed by atoms with Crippen LogP contribution in [0.2, 0.25) is 0 Å². The van der Waals surface area contributed by atoms with Crippen molar-refractivity contribution in [2.24, 2.45) is 10.1 Å². The highest BCUT2D eigenvalue weighted by Gasteiger charge is 2.46. The molecular weight excluding hydrogens is 525 g/mol. The summed E-state index contributed by atoms with van der Waals surface area (Å²) in [5.74, 6) is 0.209. The molecule has 2 aromatic carbocycles. The molecule has 0 bridgehead atoms. The van der Waals surface area contributed by atoms with Crippen molar-refractivity contribution in [3.05, 3.63) is 59.2 Å². The third-order valence-electron chi connectivity index (χ3n) is 5.20. The molecule has 2 aliphatic heterocycles. The molecule has 0 saturated heterocycles. The van der Waals surface area contributed by atoms with E-state index in [4.69, 9.17) is 24.4 Å². The van der Waals surface area contributed by atoms with E-state index in [0.29, 0.717) is 41.9 Å². The number of benzene rings is 2. The minimum absolute atomic E-state index is 0.197. The number of alkyl halides is 3. The lowest BCUT2D eigenvalue weighted by atomic mass is 10.1. The Balaban J connectivity index is 1.32. The van der Waals surface area contributed by atoms with Crippen LogP contribution >= 0.6 is 11.8 Å². The maximum absolute atomic E-state index is 13.0. The molecule has 0 saturated carbocycles. The lowest BCUT2D eigenvalue weighted by Gasteiger charge is -2.20. The van der Waals surface area contributed by atoms with Crippen molar-refractivity contribution >= 4 is 39.8 Å². The fraction of sp³-hybridized carbons (Fsp3) is 0.280. The van der Waals surface area contributed by atoms with Crippen LogP contribution in [-0.2, 0) is 9.53 Å². The van der Waals surface area contributed by atoms with Gasteiger partial charge in [-0.25, -0.2) is 0 Å². The minimum Gasteiger partial charge on any atom is -0.493 e. The van der Waals surface area contributed by atoms with Crippen molar-refractivity contribution in [1.29, 1.82) is 5.41 Å². The first-order valence-corrected chi connectivity index (χ1v) is 12.1. The first-order chi connectivity index (χ1) is 18.2. The molecular formula is C25H23F3N4O5S. The SMILES string of the molecule is COc1cc(/C=C2/C(=N)N3N=C(C(F)(F)F)SC3=NC2=O)ccc1OCCOCCOc1ccc(C)cc1. The Morgan fingerprint density at radius 2 is 1.74 bits per heavy atom. The Labute approximate surface area is 220 Å². The number of ether oxygens (including phenoxy) is 4. The average molecular weight is 549 g/mol. The van der Waals surface area contributed by atoms with E-state index < -0.39 is 23.0 Å². The van der Waals surface area contributed by atoms with Crippen LogP contribution in [0.1, 0.15) is 11.1 Å². The van der Waals surface area contributed by atoms with Crippen LogP contribution in [0, 0.1) is 12.3 Å². The molecule has 0 aromatic heterocycles. The molecule has 1 amide bonds. The maximum atomic E-state index is 13.0. The number of carbonyl (C=O) groups is 1. The van der Waals surface area contributed by atoms with Crippen LogP contribution < -0.4 is 14.2 Å². The first kappa shape index (κ1) is 27.2. The first-order valence-electron chi connectivity index (χ1n) is 11.3. The number of rotatable bonds is 10. The van der Waals surface area contributed by atoms with Gasteiger partial charge in [-0.2, -0.15) is 28.3 Å². The molecule has 200 valence electrons. The largest absolute Gasteiger partial charge is 0.493 e. The molecule has 38 heavy (non-hydrogen) atoms. The Bertz CT molecular complexity index is 1310. The second-order valence-electron chi connectivity index (χ2n) is 7.96. The number of nitrogens with one attached hydrogen (secondary N) is 1. The van der Waals surface area contributed by atoms with Crippen molar-refractivity contribution in [2.45, 2.75) is 13.1 Å². The lowest BCUT2D eigenvalue weighted by molar-refractivity contribution is -0.114. The van der Waals surface area contributed by atoms with Crippen LogP contribution in [-0.4, -0.2) is 66.7 Å². The van der Waals surface area contributed by atoms with Crippen molar-refractivity contribution < 1.29 is 36.9 Å². The fourth-order valence-electron chi connectivity index (χ4n) is 3.33. The molecule has 2 heterocycles. The summed E-state index contributed by atoms with van der Waals surface area (Å²) in [6.07, 6.45) is -3.37. The summed E-state index contributed by atoms with van der Waals surface area (Å²) < 4.78 is 61.2. The second kappa shape index (κ2) is 11.7. The number of methoxy groups -OCH3 is 1. The van der Waals surface area contributed by atoms with Crippen LogP contribution in [0.15, 0.2) is 58.1 Å². The predicted octanol–water partition coefficient (Wildman–Crippen LogP) is 4.66. The number of carbonyl (C=O) groups excluding carboxylic acids is 1. The van der Waals surface area contributed by atoms with Crippen molar-refractivity contribution in [2.75, 3.05) is 33.5 Å². The zero-order valence-corrected chi connectivity index (χ0v) is 21.2. The third kappa shape index (κ3) is 6.53. The third-order valence-corrected chi connectivity index (χ3v) is 6.15.